The number of ether oxygens (including phenoxy) is 2. The van der Waals surface area contributed by atoms with Crippen molar-refractivity contribution in [3.63, 3.8) is 0 Å². The van der Waals surface area contributed by atoms with Gasteiger partial charge >= 0.3 is 5.97 Å². The van der Waals surface area contributed by atoms with Gasteiger partial charge in [0.15, 0.2) is 5.69 Å². The summed E-state index contributed by atoms with van der Waals surface area (Å²) in [6.07, 6.45) is 5.06. The minimum absolute atomic E-state index is 0.0755. The summed E-state index contributed by atoms with van der Waals surface area (Å²) in [6.45, 7) is 4.98. The van der Waals surface area contributed by atoms with Crippen LogP contribution < -0.4 is 0 Å². The van der Waals surface area contributed by atoms with Crippen molar-refractivity contribution in [2.24, 2.45) is 11.3 Å². The van der Waals surface area contributed by atoms with Crippen molar-refractivity contribution in [2.45, 2.75) is 58.2 Å². The van der Waals surface area contributed by atoms with Crippen molar-refractivity contribution >= 4 is 5.97 Å². The summed E-state index contributed by atoms with van der Waals surface area (Å²) in [5.41, 5.74) is 1.24. The van der Waals surface area contributed by atoms with E-state index in [4.69, 9.17) is 14.0 Å². The summed E-state index contributed by atoms with van der Waals surface area (Å²) in [7, 11) is 0. The average Bonchev–Trinajstić information content (AvgIpc) is 3.10. The monoisotopic (exact) mass is 291 g/mol. The van der Waals surface area contributed by atoms with Crippen LogP contribution in [-0.2, 0) is 22.3 Å². The number of aryl methyl sites for hydroxylation is 1. The molecule has 0 radical (unpaired) electrons. The Morgan fingerprint density at radius 1 is 1.33 bits per heavy atom. The Hall–Kier alpha value is -1.36. The van der Waals surface area contributed by atoms with Gasteiger partial charge in [-0.05, 0) is 25.7 Å². The molecule has 1 aromatic rings. The number of esters is 1. The number of nitrogens with zero attached hydrogens (tertiary/aromatic N) is 1. The summed E-state index contributed by atoms with van der Waals surface area (Å²) in [4.78, 5) is 12.5. The second kappa shape index (κ2) is 4.57. The molecule has 2 fully saturated rings. The SMILES string of the molecule is CC1(C)[C@@H]2OCC[C@@H]2[C@H]1OC(=O)c1noc2c1CCCC2. The van der Waals surface area contributed by atoms with Gasteiger partial charge in [-0.25, -0.2) is 4.79 Å². The molecule has 5 nitrogen and oxygen atoms in total. The van der Waals surface area contributed by atoms with E-state index in [0.717, 1.165) is 50.0 Å². The summed E-state index contributed by atoms with van der Waals surface area (Å²) < 4.78 is 16.8. The van der Waals surface area contributed by atoms with E-state index in [1.165, 1.54) is 0 Å². The van der Waals surface area contributed by atoms with Gasteiger partial charge in [0.2, 0.25) is 0 Å². The second-order valence-corrected chi connectivity index (χ2v) is 7.03. The summed E-state index contributed by atoms with van der Waals surface area (Å²) in [6, 6.07) is 0. The molecule has 2 aliphatic carbocycles. The molecule has 1 saturated heterocycles. The summed E-state index contributed by atoms with van der Waals surface area (Å²) >= 11 is 0. The fourth-order valence-electron chi connectivity index (χ4n) is 4.23. The van der Waals surface area contributed by atoms with Crippen molar-refractivity contribution in [2.75, 3.05) is 6.61 Å². The standard InChI is InChI=1S/C16H21NO4/c1-16(2)13-10(7-8-19-13)14(16)20-15(18)12-9-5-3-4-6-11(9)21-17-12/h10,13-14H,3-8H2,1-2H3/t10-,13+,14+/m0/s1. The fourth-order valence-corrected chi connectivity index (χ4v) is 4.23. The van der Waals surface area contributed by atoms with Gasteiger partial charge < -0.3 is 14.0 Å². The molecule has 1 saturated carbocycles. The van der Waals surface area contributed by atoms with Crippen LogP contribution in [0, 0.1) is 11.3 Å². The lowest BCUT2D eigenvalue weighted by Gasteiger charge is -2.53. The molecule has 0 amide bonds. The van der Waals surface area contributed by atoms with Gasteiger partial charge in [0.05, 0.1) is 6.10 Å². The Morgan fingerprint density at radius 2 is 2.14 bits per heavy atom. The first kappa shape index (κ1) is 13.3. The van der Waals surface area contributed by atoms with Gasteiger partial charge in [0, 0.05) is 29.9 Å². The van der Waals surface area contributed by atoms with Crippen LogP contribution in [0.2, 0.25) is 0 Å². The van der Waals surface area contributed by atoms with E-state index >= 15 is 0 Å². The van der Waals surface area contributed by atoms with Gasteiger partial charge in [0.1, 0.15) is 11.9 Å². The molecule has 1 aromatic heterocycles. The molecule has 0 bridgehead atoms. The fraction of sp³-hybridized carbons (Fsp3) is 0.750. The zero-order chi connectivity index (χ0) is 14.6. The second-order valence-electron chi connectivity index (χ2n) is 7.03. The number of hydrogen-bond donors (Lipinski definition) is 0. The molecule has 114 valence electrons. The van der Waals surface area contributed by atoms with E-state index in [1.807, 2.05) is 0 Å². The third-order valence-corrected chi connectivity index (χ3v) is 5.37. The lowest BCUT2D eigenvalue weighted by molar-refractivity contribution is -0.183. The number of aromatic nitrogens is 1. The van der Waals surface area contributed by atoms with Crippen LogP contribution in [0.15, 0.2) is 4.52 Å². The van der Waals surface area contributed by atoms with Crippen LogP contribution in [-0.4, -0.2) is 29.9 Å². The smallest absolute Gasteiger partial charge is 0.361 e. The lowest BCUT2D eigenvalue weighted by atomic mass is 9.59. The molecule has 2 heterocycles. The van der Waals surface area contributed by atoms with Crippen molar-refractivity contribution < 1.29 is 18.8 Å². The van der Waals surface area contributed by atoms with Crippen LogP contribution in [0.1, 0.15) is 54.9 Å². The Bertz CT molecular complexity index is 577. The molecule has 3 atom stereocenters. The van der Waals surface area contributed by atoms with Gasteiger partial charge in [-0.3, -0.25) is 0 Å². The molecule has 1 aliphatic heterocycles. The number of carbonyl (C=O) groups excluding carboxylic acids is 1. The molecule has 5 heteroatoms. The van der Waals surface area contributed by atoms with Crippen molar-refractivity contribution in [3.05, 3.63) is 17.0 Å². The number of fused-ring (bicyclic) bond motifs is 2. The maximum Gasteiger partial charge on any atom is 0.361 e. The third-order valence-electron chi connectivity index (χ3n) is 5.37. The minimum Gasteiger partial charge on any atom is -0.456 e. The number of rotatable bonds is 2. The zero-order valence-electron chi connectivity index (χ0n) is 12.6. The molecule has 0 aromatic carbocycles. The summed E-state index contributed by atoms with van der Waals surface area (Å²) in [5.74, 6) is 0.875. The highest BCUT2D eigenvalue weighted by molar-refractivity contribution is 5.89. The van der Waals surface area contributed by atoms with Crippen LogP contribution in [0.3, 0.4) is 0 Å². The van der Waals surface area contributed by atoms with E-state index in [2.05, 4.69) is 19.0 Å². The molecule has 21 heavy (non-hydrogen) atoms. The van der Waals surface area contributed by atoms with Gasteiger partial charge in [-0.1, -0.05) is 19.0 Å². The highest BCUT2D eigenvalue weighted by Gasteiger charge is 2.61. The lowest BCUT2D eigenvalue weighted by Crippen LogP contribution is -2.61. The maximum absolute atomic E-state index is 12.5. The predicted octanol–water partition coefficient (Wildman–Crippen LogP) is 2.52. The Morgan fingerprint density at radius 3 is 3.00 bits per heavy atom. The summed E-state index contributed by atoms with van der Waals surface area (Å²) in [5, 5.41) is 3.96. The first-order chi connectivity index (χ1) is 10.1. The topological polar surface area (TPSA) is 61.6 Å². The normalized spacial score (nSPS) is 33.0. The molecule has 3 aliphatic rings. The highest BCUT2D eigenvalue weighted by Crippen LogP contribution is 2.53. The Labute approximate surface area is 124 Å². The van der Waals surface area contributed by atoms with Crippen molar-refractivity contribution in [1.82, 2.24) is 5.16 Å². The van der Waals surface area contributed by atoms with E-state index in [1.54, 1.807) is 0 Å². The van der Waals surface area contributed by atoms with E-state index in [0.29, 0.717) is 11.6 Å². The van der Waals surface area contributed by atoms with E-state index in [-0.39, 0.29) is 23.6 Å². The third kappa shape index (κ3) is 1.86. The first-order valence-electron chi connectivity index (χ1n) is 7.89. The predicted molar refractivity (Wildman–Crippen MR) is 74.0 cm³/mol. The quantitative estimate of drug-likeness (QED) is 0.784. The maximum atomic E-state index is 12.5. The number of carbonyl (C=O) groups is 1. The first-order valence-corrected chi connectivity index (χ1v) is 7.89. The molecule has 0 unspecified atom stereocenters. The molecule has 0 N–H and O–H groups in total. The van der Waals surface area contributed by atoms with Crippen LogP contribution in [0.5, 0.6) is 0 Å². The van der Waals surface area contributed by atoms with E-state index < -0.39 is 0 Å². The van der Waals surface area contributed by atoms with Crippen molar-refractivity contribution in [1.29, 1.82) is 0 Å². The zero-order valence-corrected chi connectivity index (χ0v) is 12.6. The van der Waals surface area contributed by atoms with E-state index in [9.17, 15) is 4.79 Å². The largest absolute Gasteiger partial charge is 0.456 e. The van der Waals surface area contributed by atoms with Gasteiger partial charge in [-0.15, -0.1) is 0 Å². The van der Waals surface area contributed by atoms with Crippen LogP contribution >= 0.6 is 0 Å². The minimum atomic E-state index is -0.328. The Balaban J connectivity index is 1.53. The molecular formula is C16H21NO4. The van der Waals surface area contributed by atoms with Gasteiger partial charge in [-0.2, -0.15) is 0 Å². The molecule has 4 rings (SSSR count). The van der Waals surface area contributed by atoms with Gasteiger partial charge in [0.25, 0.3) is 0 Å². The van der Waals surface area contributed by atoms with Crippen LogP contribution in [0.4, 0.5) is 0 Å². The molecule has 0 spiro atoms. The average molecular weight is 291 g/mol. The highest BCUT2D eigenvalue weighted by atomic mass is 16.6. The van der Waals surface area contributed by atoms with Crippen molar-refractivity contribution in [3.8, 4) is 0 Å². The Kier molecular flexibility index (Phi) is 2.89. The number of hydrogen-bond acceptors (Lipinski definition) is 5. The molecular weight excluding hydrogens is 270 g/mol. The van der Waals surface area contributed by atoms with Crippen LogP contribution in [0.25, 0.3) is 0 Å².